The molecule has 2 N–H and O–H groups in total. The standard InChI is InChI=1S/C7H14F2N2O/c8-7(9)5-11(1-2-12)6-3-10-4-6/h6-7,10,12H,1-5H2. The molecule has 0 radical (unpaired) electrons. The molecule has 0 saturated carbocycles. The topological polar surface area (TPSA) is 35.5 Å². The number of hydrogen-bond donors (Lipinski definition) is 2. The lowest BCUT2D eigenvalue weighted by atomic mass is 10.1. The minimum absolute atomic E-state index is 0.0524. The van der Waals surface area contributed by atoms with Gasteiger partial charge in [0.05, 0.1) is 13.2 Å². The number of alkyl halides is 2. The molecule has 0 bridgehead atoms. The van der Waals surface area contributed by atoms with Crippen molar-refractivity contribution in [1.82, 2.24) is 10.2 Å². The summed E-state index contributed by atoms with van der Waals surface area (Å²) in [5.74, 6) is 0. The van der Waals surface area contributed by atoms with Crippen molar-refractivity contribution in [2.45, 2.75) is 12.5 Å². The summed E-state index contributed by atoms with van der Waals surface area (Å²) in [5, 5.41) is 11.6. The molecule has 0 spiro atoms. The first-order valence-corrected chi connectivity index (χ1v) is 4.08. The van der Waals surface area contributed by atoms with Crippen molar-refractivity contribution in [3.8, 4) is 0 Å². The zero-order chi connectivity index (χ0) is 8.97. The molecule has 0 unspecified atom stereocenters. The van der Waals surface area contributed by atoms with Crippen LogP contribution in [0.3, 0.4) is 0 Å². The van der Waals surface area contributed by atoms with E-state index in [1.165, 1.54) is 0 Å². The smallest absolute Gasteiger partial charge is 0.251 e. The highest BCUT2D eigenvalue weighted by Gasteiger charge is 2.25. The van der Waals surface area contributed by atoms with Crippen LogP contribution >= 0.6 is 0 Å². The molecule has 72 valence electrons. The zero-order valence-electron chi connectivity index (χ0n) is 6.84. The average Bonchev–Trinajstić information content (AvgIpc) is 1.81. The Hall–Kier alpha value is -0.260. The number of aliphatic hydroxyl groups excluding tert-OH is 1. The molecular formula is C7H14F2N2O. The summed E-state index contributed by atoms with van der Waals surface area (Å²) in [6.07, 6.45) is -2.31. The lowest BCUT2D eigenvalue weighted by molar-refractivity contribution is 0.0399. The van der Waals surface area contributed by atoms with E-state index < -0.39 is 6.43 Å². The van der Waals surface area contributed by atoms with Crippen molar-refractivity contribution in [2.75, 3.05) is 32.8 Å². The van der Waals surface area contributed by atoms with Gasteiger partial charge in [0.1, 0.15) is 0 Å². The summed E-state index contributed by atoms with van der Waals surface area (Å²) in [7, 11) is 0. The van der Waals surface area contributed by atoms with E-state index in [1.54, 1.807) is 4.90 Å². The molecule has 0 aromatic carbocycles. The van der Waals surface area contributed by atoms with Gasteiger partial charge in [0.2, 0.25) is 0 Å². The summed E-state index contributed by atoms with van der Waals surface area (Å²) in [6, 6.07) is 0.186. The van der Waals surface area contributed by atoms with E-state index >= 15 is 0 Å². The van der Waals surface area contributed by atoms with Crippen molar-refractivity contribution >= 4 is 0 Å². The second-order valence-corrected chi connectivity index (χ2v) is 2.92. The number of nitrogens with one attached hydrogen (secondary N) is 1. The maximum absolute atomic E-state index is 12.0. The van der Waals surface area contributed by atoms with Gasteiger partial charge in [-0.25, -0.2) is 8.78 Å². The molecule has 12 heavy (non-hydrogen) atoms. The fraction of sp³-hybridized carbons (Fsp3) is 1.00. The lowest BCUT2D eigenvalue weighted by Gasteiger charge is -2.37. The highest BCUT2D eigenvalue weighted by molar-refractivity contribution is 4.84. The van der Waals surface area contributed by atoms with Crippen molar-refractivity contribution in [3.63, 3.8) is 0 Å². The lowest BCUT2D eigenvalue weighted by Crippen LogP contribution is -2.58. The van der Waals surface area contributed by atoms with Gasteiger partial charge in [-0.15, -0.1) is 0 Å². The van der Waals surface area contributed by atoms with Gasteiger partial charge in [-0.3, -0.25) is 4.90 Å². The van der Waals surface area contributed by atoms with Crippen LogP contribution in [0.15, 0.2) is 0 Å². The summed E-state index contributed by atoms with van der Waals surface area (Å²) in [4.78, 5) is 1.63. The van der Waals surface area contributed by atoms with E-state index in [0.717, 1.165) is 13.1 Å². The summed E-state index contributed by atoms with van der Waals surface area (Å²) < 4.78 is 24.0. The van der Waals surface area contributed by atoms with Crippen LogP contribution in [-0.4, -0.2) is 55.3 Å². The quantitative estimate of drug-likeness (QED) is 0.599. The predicted molar refractivity (Wildman–Crippen MR) is 41.3 cm³/mol. The Kier molecular flexibility index (Phi) is 3.84. The van der Waals surface area contributed by atoms with Crippen molar-refractivity contribution in [2.24, 2.45) is 0 Å². The second kappa shape index (κ2) is 4.69. The van der Waals surface area contributed by atoms with E-state index in [2.05, 4.69) is 5.32 Å². The second-order valence-electron chi connectivity index (χ2n) is 2.92. The Bertz CT molecular complexity index is 131. The summed E-state index contributed by atoms with van der Waals surface area (Å²) in [6.45, 7) is 1.58. The van der Waals surface area contributed by atoms with Crippen LogP contribution < -0.4 is 5.32 Å². The molecule has 1 rings (SSSR count). The summed E-state index contributed by atoms with van der Waals surface area (Å²) >= 11 is 0. The van der Waals surface area contributed by atoms with Crippen LogP contribution in [0.2, 0.25) is 0 Å². The first-order chi connectivity index (χ1) is 5.74. The van der Waals surface area contributed by atoms with Gasteiger partial charge in [0.25, 0.3) is 6.43 Å². The maximum Gasteiger partial charge on any atom is 0.251 e. The van der Waals surface area contributed by atoms with Gasteiger partial charge >= 0.3 is 0 Å². The third-order valence-corrected chi connectivity index (χ3v) is 2.04. The van der Waals surface area contributed by atoms with Gasteiger partial charge in [-0.05, 0) is 0 Å². The Morgan fingerprint density at radius 3 is 2.50 bits per heavy atom. The molecule has 0 amide bonds. The predicted octanol–water partition coefficient (Wildman–Crippen LogP) is -0.482. The molecule has 1 aliphatic rings. The monoisotopic (exact) mass is 180 g/mol. The Morgan fingerprint density at radius 2 is 2.17 bits per heavy atom. The number of halogens is 2. The largest absolute Gasteiger partial charge is 0.395 e. The van der Waals surface area contributed by atoms with E-state index in [-0.39, 0.29) is 19.2 Å². The van der Waals surface area contributed by atoms with E-state index in [0.29, 0.717) is 6.54 Å². The molecule has 0 aromatic rings. The van der Waals surface area contributed by atoms with Crippen LogP contribution in [0.4, 0.5) is 8.78 Å². The van der Waals surface area contributed by atoms with Crippen molar-refractivity contribution in [3.05, 3.63) is 0 Å². The van der Waals surface area contributed by atoms with Crippen molar-refractivity contribution in [1.29, 1.82) is 0 Å². The van der Waals surface area contributed by atoms with Gasteiger partial charge in [0.15, 0.2) is 0 Å². The Balaban J connectivity index is 2.26. The number of nitrogens with zero attached hydrogens (tertiary/aromatic N) is 1. The first-order valence-electron chi connectivity index (χ1n) is 4.08. The molecular weight excluding hydrogens is 166 g/mol. The Labute approximate surface area is 70.4 Å². The molecule has 1 heterocycles. The SMILES string of the molecule is OCCN(CC(F)F)C1CNC1. The zero-order valence-corrected chi connectivity index (χ0v) is 6.84. The van der Waals surface area contributed by atoms with Gasteiger partial charge < -0.3 is 10.4 Å². The fourth-order valence-corrected chi connectivity index (χ4v) is 1.26. The number of hydrogen-bond acceptors (Lipinski definition) is 3. The highest BCUT2D eigenvalue weighted by Crippen LogP contribution is 2.07. The minimum atomic E-state index is -2.31. The number of rotatable bonds is 5. The molecule has 3 nitrogen and oxygen atoms in total. The summed E-state index contributed by atoms with van der Waals surface area (Å²) in [5.41, 5.74) is 0. The van der Waals surface area contributed by atoms with Crippen LogP contribution in [0.25, 0.3) is 0 Å². The minimum Gasteiger partial charge on any atom is -0.395 e. The fourth-order valence-electron chi connectivity index (χ4n) is 1.26. The Morgan fingerprint density at radius 1 is 1.50 bits per heavy atom. The van der Waals surface area contributed by atoms with E-state index in [1.807, 2.05) is 0 Å². The normalized spacial score (nSPS) is 18.8. The molecule has 1 aliphatic heterocycles. The van der Waals surface area contributed by atoms with Gasteiger partial charge in [-0.1, -0.05) is 0 Å². The van der Waals surface area contributed by atoms with Gasteiger partial charge in [0, 0.05) is 25.7 Å². The molecule has 0 aliphatic carbocycles. The molecule has 1 fully saturated rings. The first kappa shape index (κ1) is 9.83. The van der Waals surface area contributed by atoms with Gasteiger partial charge in [-0.2, -0.15) is 0 Å². The van der Waals surface area contributed by atoms with Crippen molar-refractivity contribution < 1.29 is 13.9 Å². The highest BCUT2D eigenvalue weighted by atomic mass is 19.3. The molecule has 1 saturated heterocycles. The van der Waals surface area contributed by atoms with E-state index in [9.17, 15) is 8.78 Å². The molecule has 5 heteroatoms. The van der Waals surface area contributed by atoms with Crippen LogP contribution in [-0.2, 0) is 0 Å². The van der Waals surface area contributed by atoms with Crippen LogP contribution in [0.5, 0.6) is 0 Å². The van der Waals surface area contributed by atoms with Crippen LogP contribution in [0, 0.1) is 0 Å². The molecule has 0 aromatic heterocycles. The average molecular weight is 180 g/mol. The number of aliphatic hydroxyl groups is 1. The van der Waals surface area contributed by atoms with Crippen LogP contribution in [0.1, 0.15) is 0 Å². The third-order valence-electron chi connectivity index (χ3n) is 2.04. The maximum atomic E-state index is 12.0. The third kappa shape index (κ3) is 2.66. The molecule has 0 atom stereocenters. The van der Waals surface area contributed by atoms with E-state index in [4.69, 9.17) is 5.11 Å².